The molecule has 5 heteroatoms. The van der Waals surface area contributed by atoms with E-state index in [1.54, 1.807) is 0 Å². The lowest BCUT2D eigenvalue weighted by Crippen LogP contribution is -2.23. The monoisotopic (exact) mass is 230 g/mol. The molecule has 88 valence electrons. The molecule has 5 nitrogen and oxygen atoms in total. The Kier molecular flexibility index (Phi) is 2.60. The van der Waals surface area contributed by atoms with Crippen LogP contribution >= 0.6 is 0 Å². The molecule has 1 atom stereocenters. The number of aliphatic hydroxyl groups excluding tert-OH is 1. The number of hydrogen-bond donors (Lipinski definition) is 1. The molecule has 1 aromatic heterocycles. The van der Waals surface area contributed by atoms with E-state index in [1.165, 1.54) is 0 Å². The third-order valence-electron chi connectivity index (χ3n) is 3.18. The van der Waals surface area contributed by atoms with Gasteiger partial charge in [0.25, 0.3) is 0 Å². The van der Waals surface area contributed by atoms with Gasteiger partial charge in [0, 0.05) is 25.6 Å². The molecule has 1 fully saturated rings. The van der Waals surface area contributed by atoms with Gasteiger partial charge in [-0.3, -0.25) is 0 Å². The zero-order valence-electron chi connectivity index (χ0n) is 9.45. The number of aromatic nitrogens is 3. The van der Waals surface area contributed by atoms with Crippen molar-refractivity contribution in [3.8, 4) is 0 Å². The van der Waals surface area contributed by atoms with E-state index in [0.717, 1.165) is 30.5 Å². The van der Waals surface area contributed by atoms with Gasteiger partial charge in [-0.2, -0.15) is 0 Å². The van der Waals surface area contributed by atoms with Gasteiger partial charge in [0.2, 0.25) is 5.95 Å². The Morgan fingerprint density at radius 3 is 2.82 bits per heavy atom. The van der Waals surface area contributed by atoms with Gasteiger partial charge < -0.3 is 10.0 Å². The lowest BCUT2D eigenvalue weighted by Gasteiger charge is -2.15. The Balaban J connectivity index is 1.91. The first-order valence-corrected chi connectivity index (χ1v) is 5.82. The third-order valence-corrected chi connectivity index (χ3v) is 3.18. The van der Waals surface area contributed by atoms with Crippen LogP contribution in [0.3, 0.4) is 0 Å². The highest BCUT2D eigenvalue weighted by molar-refractivity contribution is 5.74. The zero-order valence-corrected chi connectivity index (χ0v) is 9.45. The van der Waals surface area contributed by atoms with Crippen molar-refractivity contribution in [2.45, 2.75) is 6.42 Å². The van der Waals surface area contributed by atoms with Gasteiger partial charge >= 0.3 is 0 Å². The van der Waals surface area contributed by atoms with Crippen LogP contribution in [-0.2, 0) is 0 Å². The highest BCUT2D eigenvalue weighted by atomic mass is 16.3. The number of nitrogens with zero attached hydrogens (tertiary/aromatic N) is 4. The summed E-state index contributed by atoms with van der Waals surface area (Å²) in [5, 5.41) is 17.4. The molecule has 1 aliphatic rings. The summed E-state index contributed by atoms with van der Waals surface area (Å²) in [4.78, 5) is 6.58. The SMILES string of the molecule is OCC1CCN(c2nnc3ccccc3n2)C1. The largest absolute Gasteiger partial charge is 0.396 e. The molecule has 2 heterocycles. The number of rotatable bonds is 2. The maximum Gasteiger partial charge on any atom is 0.245 e. The van der Waals surface area contributed by atoms with E-state index in [9.17, 15) is 0 Å². The molecule has 1 aromatic carbocycles. The predicted molar refractivity (Wildman–Crippen MR) is 64.7 cm³/mol. The van der Waals surface area contributed by atoms with E-state index in [2.05, 4.69) is 20.1 Å². The van der Waals surface area contributed by atoms with E-state index < -0.39 is 0 Å². The number of anilines is 1. The standard InChI is InChI=1S/C12H14N4O/c17-8-9-5-6-16(7-9)12-13-10-3-1-2-4-11(10)14-15-12/h1-4,9,17H,5-8H2. The van der Waals surface area contributed by atoms with Crippen LogP contribution < -0.4 is 4.90 Å². The number of fused-ring (bicyclic) bond motifs is 1. The van der Waals surface area contributed by atoms with Gasteiger partial charge in [-0.25, -0.2) is 4.98 Å². The van der Waals surface area contributed by atoms with Crippen molar-refractivity contribution in [2.75, 3.05) is 24.6 Å². The van der Waals surface area contributed by atoms with Crippen molar-refractivity contribution in [2.24, 2.45) is 5.92 Å². The quantitative estimate of drug-likeness (QED) is 0.828. The molecule has 2 aromatic rings. The molecule has 17 heavy (non-hydrogen) atoms. The van der Waals surface area contributed by atoms with E-state index in [-0.39, 0.29) is 6.61 Å². The second kappa shape index (κ2) is 4.25. The number of hydrogen-bond acceptors (Lipinski definition) is 5. The molecular weight excluding hydrogens is 216 g/mol. The van der Waals surface area contributed by atoms with Crippen LogP contribution in [0.2, 0.25) is 0 Å². The first-order chi connectivity index (χ1) is 8.36. The summed E-state index contributed by atoms with van der Waals surface area (Å²) in [6.45, 7) is 1.94. The summed E-state index contributed by atoms with van der Waals surface area (Å²) in [6, 6.07) is 7.71. The molecule has 1 unspecified atom stereocenters. The Labute approximate surface area is 99.1 Å². The summed E-state index contributed by atoms with van der Waals surface area (Å²) < 4.78 is 0. The van der Waals surface area contributed by atoms with E-state index in [4.69, 9.17) is 5.11 Å². The minimum Gasteiger partial charge on any atom is -0.396 e. The molecule has 0 spiro atoms. The van der Waals surface area contributed by atoms with E-state index in [1.807, 2.05) is 24.3 Å². The van der Waals surface area contributed by atoms with Gasteiger partial charge in [0.05, 0.1) is 5.52 Å². The van der Waals surface area contributed by atoms with Crippen LogP contribution in [0, 0.1) is 5.92 Å². The highest BCUT2D eigenvalue weighted by Gasteiger charge is 2.23. The normalized spacial score (nSPS) is 20.1. The Morgan fingerprint density at radius 1 is 1.24 bits per heavy atom. The van der Waals surface area contributed by atoms with Crippen molar-refractivity contribution in [3.05, 3.63) is 24.3 Å². The highest BCUT2D eigenvalue weighted by Crippen LogP contribution is 2.20. The van der Waals surface area contributed by atoms with Crippen LogP contribution in [0.15, 0.2) is 24.3 Å². The zero-order chi connectivity index (χ0) is 11.7. The fraction of sp³-hybridized carbons (Fsp3) is 0.417. The first kappa shape index (κ1) is 10.4. The Bertz CT molecular complexity index is 531. The minimum atomic E-state index is 0.234. The van der Waals surface area contributed by atoms with E-state index >= 15 is 0 Å². The van der Waals surface area contributed by atoms with Crippen LogP contribution in [0.1, 0.15) is 6.42 Å². The van der Waals surface area contributed by atoms with Crippen LogP contribution in [0.4, 0.5) is 5.95 Å². The lowest BCUT2D eigenvalue weighted by molar-refractivity contribution is 0.238. The molecule has 1 N–H and O–H groups in total. The molecule has 1 aliphatic heterocycles. The summed E-state index contributed by atoms with van der Waals surface area (Å²) in [6.07, 6.45) is 0.993. The second-order valence-electron chi connectivity index (χ2n) is 4.38. The van der Waals surface area contributed by atoms with Gasteiger partial charge in [0.15, 0.2) is 0 Å². The average Bonchev–Trinajstić information content (AvgIpc) is 2.87. The maximum atomic E-state index is 9.12. The van der Waals surface area contributed by atoms with Crippen molar-refractivity contribution < 1.29 is 5.11 Å². The fourth-order valence-electron chi connectivity index (χ4n) is 2.17. The summed E-state index contributed by atoms with van der Waals surface area (Å²) >= 11 is 0. The molecule has 0 bridgehead atoms. The Morgan fingerprint density at radius 2 is 2.06 bits per heavy atom. The molecule has 0 amide bonds. The number of aliphatic hydroxyl groups is 1. The summed E-state index contributed by atoms with van der Waals surface area (Å²) in [5.41, 5.74) is 1.68. The summed E-state index contributed by atoms with van der Waals surface area (Å²) in [5.74, 6) is 1.00. The van der Waals surface area contributed by atoms with Gasteiger partial charge in [-0.1, -0.05) is 12.1 Å². The molecule has 0 radical (unpaired) electrons. The number of para-hydroxylation sites is 1. The van der Waals surface area contributed by atoms with Crippen molar-refractivity contribution in [1.82, 2.24) is 15.2 Å². The maximum absolute atomic E-state index is 9.12. The van der Waals surface area contributed by atoms with Crippen LogP contribution in [0.5, 0.6) is 0 Å². The molecule has 0 aliphatic carbocycles. The summed E-state index contributed by atoms with van der Waals surface area (Å²) in [7, 11) is 0. The molecular formula is C12H14N4O. The van der Waals surface area contributed by atoms with Crippen LogP contribution in [0.25, 0.3) is 11.0 Å². The molecule has 1 saturated heterocycles. The van der Waals surface area contributed by atoms with Crippen molar-refractivity contribution in [3.63, 3.8) is 0 Å². The van der Waals surface area contributed by atoms with Crippen molar-refractivity contribution >= 4 is 17.0 Å². The number of benzene rings is 1. The second-order valence-corrected chi connectivity index (χ2v) is 4.38. The molecule has 0 saturated carbocycles. The topological polar surface area (TPSA) is 62.1 Å². The fourth-order valence-corrected chi connectivity index (χ4v) is 2.17. The Hall–Kier alpha value is -1.75. The third kappa shape index (κ3) is 1.93. The van der Waals surface area contributed by atoms with Crippen molar-refractivity contribution in [1.29, 1.82) is 0 Å². The first-order valence-electron chi connectivity index (χ1n) is 5.82. The smallest absolute Gasteiger partial charge is 0.245 e. The minimum absolute atomic E-state index is 0.234. The van der Waals surface area contributed by atoms with Crippen LogP contribution in [-0.4, -0.2) is 40.0 Å². The van der Waals surface area contributed by atoms with Gasteiger partial charge in [-0.05, 0) is 18.6 Å². The predicted octanol–water partition coefficient (Wildman–Crippen LogP) is 0.843. The van der Waals surface area contributed by atoms with E-state index in [0.29, 0.717) is 11.9 Å². The lowest BCUT2D eigenvalue weighted by atomic mass is 10.1. The average molecular weight is 230 g/mol. The van der Waals surface area contributed by atoms with Gasteiger partial charge in [0.1, 0.15) is 5.52 Å². The van der Waals surface area contributed by atoms with Gasteiger partial charge in [-0.15, -0.1) is 10.2 Å². The molecule has 3 rings (SSSR count).